The van der Waals surface area contributed by atoms with Crippen molar-refractivity contribution < 1.29 is 22.4 Å². The van der Waals surface area contributed by atoms with Crippen molar-refractivity contribution in [2.24, 2.45) is 0 Å². The number of aryl methyl sites for hydroxylation is 1. The summed E-state index contributed by atoms with van der Waals surface area (Å²) in [6.45, 7) is 1.72. The number of carbonyl (C=O) groups excluding carboxylic acids is 2. The minimum absolute atomic E-state index is 0.143. The number of amides is 2. The molecule has 2 aromatic rings. The maximum atomic E-state index is 13.5. The molecule has 1 heterocycles. The Kier molecular flexibility index (Phi) is 5.64. The lowest BCUT2D eigenvalue weighted by atomic mass is 10.2. The summed E-state index contributed by atoms with van der Waals surface area (Å²) in [5.41, 5.74) is 2.16. The van der Waals surface area contributed by atoms with Gasteiger partial charge in [0.1, 0.15) is 5.82 Å². The predicted octanol–water partition coefficient (Wildman–Crippen LogP) is 1.58. The number of hydrogen-bond donors (Lipinski definition) is 2. The van der Waals surface area contributed by atoms with Crippen molar-refractivity contribution in [2.45, 2.75) is 13.3 Å². The Morgan fingerprint density at radius 2 is 1.89 bits per heavy atom. The first-order valence-corrected chi connectivity index (χ1v) is 10.3. The lowest BCUT2D eigenvalue weighted by molar-refractivity contribution is -0.136. The smallest absolute Gasteiger partial charge is 0.313 e. The Morgan fingerprint density at radius 3 is 2.64 bits per heavy atom. The van der Waals surface area contributed by atoms with E-state index in [0.717, 1.165) is 11.6 Å². The second-order valence-corrected chi connectivity index (χ2v) is 8.45. The van der Waals surface area contributed by atoms with Crippen LogP contribution in [0.4, 0.5) is 15.8 Å². The monoisotopic (exact) mass is 405 g/mol. The Bertz CT molecular complexity index is 1020. The van der Waals surface area contributed by atoms with Gasteiger partial charge in [0.15, 0.2) is 0 Å². The van der Waals surface area contributed by atoms with Gasteiger partial charge in [-0.3, -0.25) is 13.9 Å². The van der Waals surface area contributed by atoms with Gasteiger partial charge in [0.05, 0.1) is 11.4 Å². The van der Waals surface area contributed by atoms with Crippen molar-refractivity contribution in [3.63, 3.8) is 0 Å². The van der Waals surface area contributed by atoms with Crippen LogP contribution in [0.1, 0.15) is 11.1 Å². The number of carbonyl (C=O) groups is 2. The van der Waals surface area contributed by atoms with Gasteiger partial charge in [-0.15, -0.1) is 0 Å². The molecular weight excluding hydrogens is 385 g/mol. The van der Waals surface area contributed by atoms with Crippen molar-refractivity contribution in [3.05, 3.63) is 59.4 Å². The first kappa shape index (κ1) is 19.8. The van der Waals surface area contributed by atoms with Crippen LogP contribution in [0.25, 0.3) is 0 Å². The third-order valence-corrected chi connectivity index (χ3v) is 6.23. The fourth-order valence-electron chi connectivity index (χ4n) is 2.94. The fraction of sp³-hybridized carbons (Fsp3) is 0.263. The third-order valence-electron chi connectivity index (χ3n) is 4.46. The molecule has 7 nitrogen and oxygen atoms in total. The summed E-state index contributed by atoms with van der Waals surface area (Å²) in [5.74, 6) is -2.82. The van der Waals surface area contributed by atoms with Gasteiger partial charge in [-0.25, -0.2) is 12.8 Å². The number of benzene rings is 2. The highest BCUT2D eigenvalue weighted by Gasteiger charge is 2.29. The zero-order valence-electron chi connectivity index (χ0n) is 15.2. The number of anilines is 2. The first-order chi connectivity index (χ1) is 13.3. The Labute approximate surface area is 162 Å². The summed E-state index contributed by atoms with van der Waals surface area (Å²) in [7, 11) is -3.63. The van der Waals surface area contributed by atoms with Crippen LogP contribution in [-0.4, -0.2) is 39.1 Å². The predicted molar refractivity (Wildman–Crippen MR) is 104 cm³/mol. The van der Waals surface area contributed by atoms with Crippen molar-refractivity contribution in [3.8, 4) is 0 Å². The molecule has 1 aliphatic rings. The highest BCUT2D eigenvalue weighted by molar-refractivity contribution is 7.92. The van der Waals surface area contributed by atoms with Crippen LogP contribution in [0.15, 0.2) is 42.5 Å². The van der Waals surface area contributed by atoms with Gasteiger partial charge in [0.25, 0.3) is 0 Å². The van der Waals surface area contributed by atoms with E-state index in [0.29, 0.717) is 24.2 Å². The molecule has 148 valence electrons. The minimum atomic E-state index is -3.63. The van der Waals surface area contributed by atoms with Crippen LogP contribution in [0.5, 0.6) is 0 Å². The maximum Gasteiger partial charge on any atom is 0.313 e. The molecule has 0 fully saturated rings. The topological polar surface area (TPSA) is 95.6 Å². The molecule has 0 radical (unpaired) electrons. The van der Waals surface area contributed by atoms with Crippen molar-refractivity contribution >= 4 is 33.2 Å². The first-order valence-electron chi connectivity index (χ1n) is 8.71. The van der Waals surface area contributed by atoms with Crippen LogP contribution >= 0.6 is 0 Å². The van der Waals surface area contributed by atoms with Crippen LogP contribution in [0.2, 0.25) is 0 Å². The lowest BCUT2D eigenvalue weighted by Crippen LogP contribution is -2.40. The number of sulfonamides is 1. The molecule has 2 N–H and O–H groups in total. The summed E-state index contributed by atoms with van der Waals surface area (Å²) in [6.07, 6.45) is 0.636. The SMILES string of the molecule is Cc1ccc(NC(=O)C(=O)NCCS(=O)(=O)N2CCc3ccccc32)cc1F. The molecule has 0 atom stereocenters. The average molecular weight is 405 g/mol. The summed E-state index contributed by atoms with van der Waals surface area (Å²) in [4.78, 5) is 23.8. The van der Waals surface area contributed by atoms with Gasteiger partial charge in [-0.2, -0.15) is 0 Å². The molecular formula is C19H20FN3O4S. The van der Waals surface area contributed by atoms with E-state index in [1.165, 1.54) is 16.4 Å². The van der Waals surface area contributed by atoms with E-state index in [1.54, 1.807) is 19.1 Å². The van der Waals surface area contributed by atoms with E-state index < -0.39 is 27.7 Å². The van der Waals surface area contributed by atoms with E-state index in [-0.39, 0.29) is 18.0 Å². The number of halogens is 1. The number of para-hydroxylation sites is 1. The standard InChI is InChI=1S/C19H20FN3O4S/c1-13-6-7-15(12-16(13)20)22-19(25)18(24)21-9-11-28(26,27)23-10-8-14-4-2-3-5-17(14)23/h2-7,12H,8-11H2,1H3,(H,21,24)(H,22,25). The molecule has 2 amide bonds. The molecule has 1 aliphatic heterocycles. The molecule has 0 unspecified atom stereocenters. The number of fused-ring (bicyclic) bond motifs is 1. The molecule has 2 aromatic carbocycles. The Morgan fingerprint density at radius 1 is 1.14 bits per heavy atom. The lowest BCUT2D eigenvalue weighted by Gasteiger charge is -2.19. The molecule has 0 bridgehead atoms. The Balaban J connectivity index is 1.53. The van der Waals surface area contributed by atoms with Gasteiger partial charge in [-0.1, -0.05) is 24.3 Å². The summed E-state index contributed by atoms with van der Waals surface area (Å²) in [5, 5.41) is 4.56. The van der Waals surface area contributed by atoms with E-state index in [9.17, 15) is 22.4 Å². The van der Waals surface area contributed by atoms with Crippen molar-refractivity contribution in [1.82, 2.24) is 5.32 Å². The quantitative estimate of drug-likeness (QED) is 0.739. The second kappa shape index (κ2) is 7.97. The summed E-state index contributed by atoms with van der Waals surface area (Å²) in [6, 6.07) is 11.3. The fourth-order valence-corrected chi connectivity index (χ4v) is 4.37. The Hall–Kier alpha value is -2.94. The van der Waals surface area contributed by atoms with Gasteiger partial charge < -0.3 is 10.6 Å². The van der Waals surface area contributed by atoms with E-state index >= 15 is 0 Å². The molecule has 0 aliphatic carbocycles. The zero-order chi connectivity index (χ0) is 20.3. The zero-order valence-corrected chi connectivity index (χ0v) is 16.1. The molecule has 0 aromatic heterocycles. The second-order valence-electron chi connectivity index (χ2n) is 6.44. The van der Waals surface area contributed by atoms with Crippen molar-refractivity contribution in [1.29, 1.82) is 0 Å². The number of nitrogens with one attached hydrogen (secondary N) is 2. The number of rotatable bonds is 5. The van der Waals surface area contributed by atoms with Gasteiger partial charge in [0.2, 0.25) is 10.0 Å². The molecule has 28 heavy (non-hydrogen) atoms. The van der Waals surface area contributed by atoms with E-state index in [4.69, 9.17) is 0 Å². The van der Waals surface area contributed by atoms with E-state index in [2.05, 4.69) is 10.6 Å². The van der Waals surface area contributed by atoms with Crippen LogP contribution < -0.4 is 14.9 Å². The van der Waals surface area contributed by atoms with Gasteiger partial charge in [0, 0.05) is 18.8 Å². The summed E-state index contributed by atoms with van der Waals surface area (Å²) >= 11 is 0. The molecule has 3 rings (SSSR count). The van der Waals surface area contributed by atoms with Gasteiger partial charge >= 0.3 is 11.8 Å². The van der Waals surface area contributed by atoms with Crippen molar-refractivity contribution in [2.75, 3.05) is 28.5 Å². The molecule has 0 saturated carbocycles. The van der Waals surface area contributed by atoms with E-state index in [1.807, 2.05) is 12.1 Å². The molecule has 0 saturated heterocycles. The van der Waals surface area contributed by atoms with Crippen LogP contribution in [0.3, 0.4) is 0 Å². The maximum absolute atomic E-state index is 13.5. The highest BCUT2D eigenvalue weighted by Crippen LogP contribution is 2.29. The normalized spacial score (nSPS) is 13.1. The molecule has 9 heteroatoms. The van der Waals surface area contributed by atoms with Gasteiger partial charge in [-0.05, 0) is 42.7 Å². The minimum Gasteiger partial charge on any atom is -0.347 e. The highest BCUT2D eigenvalue weighted by atomic mass is 32.2. The van der Waals surface area contributed by atoms with Crippen LogP contribution in [0, 0.1) is 12.7 Å². The summed E-state index contributed by atoms with van der Waals surface area (Å²) < 4.78 is 39.9. The number of hydrogen-bond acceptors (Lipinski definition) is 4. The van der Waals surface area contributed by atoms with Crippen LogP contribution in [-0.2, 0) is 26.0 Å². The third kappa shape index (κ3) is 4.30. The number of nitrogens with zero attached hydrogens (tertiary/aromatic N) is 1. The molecule has 0 spiro atoms. The largest absolute Gasteiger partial charge is 0.347 e. The average Bonchev–Trinajstić information content (AvgIpc) is 3.09.